The van der Waals surface area contributed by atoms with Gasteiger partial charge in [-0.25, -0.2) is 4.39 Å². The Morgan fingerprint density at radius 2 is 2.25 bits per heavy atom. The van der Waals surface area contributed by atoms with Crippen molar-refractivity contribution in [1.29, 1.82) is 0 Å². The fourth-order valence-electron chi connectivity index (χ4n) is 0.868. The van der Waals surface area contributed by atoms with E-state index in [1.54, 1.807) is 0 Å². The zero-order valence-corrected chi connectivity index (χ0v) is 7.05. The van der Waals surface area contributed by atoms with E-state index in [1.807, 2.05) is 0 Å². The van der Waals surface area contributed by atoms with Gasteiger partial charge in [0.25, 0.3) is 0 Å². The number of hydrogen-bond acceptors (Lipinski definition) is 1. The van der Waals surface area contributed by atoms with Crippen LogP contribution in [-0.2, 0) is 0 Å². The van der Waals surface area contributed by atoms with Gasteiger partial charge in [0.05, 0.1) is 6.10 Å². The summed E-state index contributed by atoms with van der Waals surface area (Å²) >= 11 is 5.66. The van der Waals surface area contributed by atoms with Gasteiger partial charge >= 0.3 is 0 Å². The van der Waals surface area contributed by atoms with E-state index in [9.17, 15) is 9.50 Å². The predicted molar refractivity (Wildman–Crippen MR) is 46.6 cm³/mol. The predicted octanol–water partition coefficient (Wildman–Crippen LogP) is 2.70. The van der Waals surface area contributed by atoms with Crippen LogP contribution in [0, 0.1) is 5.82 Å². The normalized spacial score (nSPS) is 12.6. The first kappa shape index (κ1) is 9.23. The fraction of sp³-hybridized carbons (Fsp3) is 0.111. The summed E-state index contributed by atoms with van der Waals surface area (Å²) in [6.07, 6.45) is 0.497. The highest BCUT2D eigenvalue weighted by molar-refractivity contribution is 6.31. The summed E-state index contributed by atoms with van der Waals surface area (Å²) in [6, 6.07) is 3.83. The van der Waals surface area contributed by atoms with E-state index in [2.05, 4.69) is 6.58 Å². The van der Waals surface area contributed by atoms with Gasteiger partial charge in [-0.2, -0.15) is 0 Å². The SMILES string of the molecule is C=CC(O)c1ccc(F)cc1Cl. The van der Waals surface area contributed by atoms with Gasteiger partial charge in [-0.1, -0.05) is 23.7 Å². The minimum Gasteiger partial charge on any atom is -0.384 e. The third-order valence-electron chi connectivity index (χ3n) is 1.50. The monoisotopic (exact) mass is 186 g/mol. The van der Waals surface area contributed by atoms with Crippen LogP contribution in [0.1, 0.15) is 11.7 Å². The average Bonchev–Trinajstić information content (AvgIpc) is 2.03. The largest absolute Gasteiger partial charge is 0.384 e. The Kier molecular flexibility index (Phi) is 2.84. The Bertz CT molecular complexity index is 299. The Morgan fingerprint density at radius 3 is 2.75 bits per heavy atom. The Hall–Kier alpha value is -0.860. The first-order valence-corrected chi connectivity index (χ1v) is 3.78. The number of hydrogen-bond donors (Lipinski definition) is 1. The van der Waals surface area contributed by atoms with E-state index in [1.165, 1.54) is 18.2 Å². The molecule has 0 aliphatic rings. The van der Waals surface area contributed by atoms with E-state index < -0.39 is 11.9 Å². The summed E-state index contributed by atoms with van der Waals surface area (Å²) in [5.41, 5.74) is 0.466. The lowest BCUT2D eigenvalue weighted by molar-refractivity contribution is 0.229. The number of rotatable bonds is 2. The molecule has 0 amide bonds. The molecule has 1 unspecified atom stereocenters. The molecule has 1 rings (SSSR count). The van der Waals surface area contributed by atoms with Crippen molar-refractivity contribution in [1.82, 2.24) is 0 Å². The minimum atomic E-state index is -0.835. The lowest BCUT2D eigenvalue weighted by Crippen LogP contribution is -1.93. The highest BCUT2D eigenvalue weighted by atomic mass is 35.5. The summed E-state index contributed by atoms with van der Waals surface area (Å²) in [4.78, 5) is 0. The average molecular weight is 187 g/mol. The second kappa shape index (κ2) is 3.70. The molecule has 0 fully saturated rings. The van der Waals surface area contributed by atoms with Crippen LogP contribution in [0.5, 0.6) is 0 Å². The number of aliphatic hydroxyl groups is 1. The summed E-state index contributed by atoms with van der Waals surface area (Å²) in [5, 5.41) is 9.49. The maximum Gasteiger partial charge on any atom is 0.124 e. The molecule has 1 atom stereocenters. The van der Waals surface area contributed by atoms with Crippen LogP contribution in [0.4, 0.5) is 4.39 Å². The van der Waals surface area contributed by atoms with E-state index in [4.69, 9.17) is 11.6 Å². The van der Waals surface area contributed by atoms with E-state index in [-0.39, 0.29) is 5.02 Å². The van der Waals surface area contributed by atoms with Crippen LogP contribution < -0.4 is 0 Å². The van der Waals surface area contributed by atoms with Gasteiger partial charge in [0.1, 0.15) is 5.82 Å². The van der Waals surface area contributed by atoms with E-state index in [0.29, 0.717) is 5.56 Å². The molecule has 0 heterocycles. The second-order valence-electron chi connectivity index (χ2n) is 2.35. The molecule has 1 nitrogen and oxygen atoms in total. The zero-order valence-electron chi connectivity index (χ0n) is 6.30. The maximum absolute atomic E-state index is 12.5. The molecule has 1 aromatic carbocycles. The van der Waals surface area contributed by atoms with Crippen molar-refractivity contribution in [2.75, 3.05) is 0 Å². The maximum atomic E-state index is 12.5. The molecule has 1 aromatic rings. The van der Waals surface area contributed by atoms with Crippen molar-refractivity contribution < 1.29 is 9.50 Å². The Balaban J connectivity index is 3.09. The van der Waals surface area contributed by atoms with Crippen LogP contribution in [0.25, 0.3) is 0 Å². The number of aliphatic hydroxyl groups excluding tert-OH is 1. The molecule has 0 saturated carbocycles. The lowest BCUT2D eigenvalue weighted by atomic mass is 10.1. The highest BCUT2D eigenvalue weighted by Gasteiger charge is 2.07. The molecule has 0 saturated heterocycles. The van der Waals surface area contributed by atoms with Crippen molar-refractivity contribution in [2.24, 2.45) is 0 Å². The second-order valence-corrected chi connectivity index (χ2v) is 2.75. The van der Waals surface area contributed by atoms with Gasteiger partial charge in [0.2, 0.25) is 0 Å². The standard InChI is InChI=1S/C9H8ClFO/c1-2-9(12)7-4-3-6(11)5-8(7)10/h2-5,9,12H,1H2. The van der Waals surface area contributed by atoms with Crippen LogP contribution in [0.3, 0.4) is 0 Å². The summed E-state index contributed by atoms with van der Waals surface area (Å²) in [6.45, 7) is 3.40. The molecule has 1 N–H and O–H groups in total. The molecule has 3 heteroatoms. The first-order chi connectivity index (χ1) is 5.65. The third kappa shape index (κ3) is 1.84. The molecular weight excluding hydrogens is 179 g/mol. The van der Waals surface area contributed by atoms with Crippen molar-refractivity contribution in [3.63, 3.8) is 0 Å². The fourth-order valence-corrected chi connectivity index (χ4v) is 1.15. The van der Waals surface area contributed by atoms with Crippen molar-refractivity contribution >= 4 is 11.6 Å². The van der Waals surface area contributed by atoms with Crippen LogP contribution in [0.15, 0.2) is 30.9 Å². The lowest BCUT2D eigenvalue weighted by Gasteiger charge is -2.06. The van der Waals surface area contributed by atoms with Crippen molar-refractivity contribution in [2.45, 2.75) is 6.10 Å². The molecule has 12 heavy (non-hydrogen) atoms. The number of benzene rings is 1. The van der Waals surface area contributed by atoms with Gasteiger partial charge in [0, 0.05) is 10.6 Å². The first-order valence-electron chi connectivity index (χ1n) is 3.40. The van der Waals surface area contributed by atoms with Gasteiger partial charge in [0.15, 0.2) is 0 Å². The summed E-state index contributed by atoms with van der Waals surface area (Å²) in [7, 11) is 0. The van der Waals surface area contributed by atoms with Crippen molar-refractivity contribution in [3.8, 4) is 0 Å². The molecule has 64 valence electrons. The molecule has 0 radical (unpaired) electrons. The van der Waals surface area contributed by atoms with Crippen LogP contribution >= 0.6 is 11.6 Å². The van der Waals surface area contributed by atoms with Gasteiger partial charge in [-0.05, 0) is 12.1 Å². The van der Waals surface area contributed by atoms with E-state index in [0.717, 1.165) is 6.07 Å². The van der Waals surface area contributed by atoms with Crippen molar-refractivity contribution in [3.05, 3.63) is 47.3 Å². The quantitative estimate of drug-likeness (QED) is 0.705. The Labute approximate surface area is 75.1 Å². The van der Waals surface area contributed by atoms with Crippen LogP contribution in [0.2, 0.25) is 5.02 Å². The Morgan fingerprint density at radius 1 is 1.58 bits per heavy atom. The molecular formula is C9H8ClFO. The van der Waals surface area contributed by atoms with Gasteiger partial charge in [-0.3, -0.25) is 0 Å². The molecule has 0 bridgehead atoms. The smallest absolute Gasteiger partial charge is 0.124 e. The molecule has 0 aliphatic heterocycles. The van der Waals surface area contributed by atoms with Crippen LogP contribution in [-0.4, -0.2) is 5.11 Å². The number of halogens is 2. The molecule has 0 spiro atoms. The topological polar surface area (TPSA) is 20.2 Å². The zero-order chi connectivity index (χ0) is 9.14. The van der Waals surface area contributed by atoms with E-state index >= 15 is 0 Å². The van der Waals surface area contributed by atoms with Gasteiger partial charge < -0.3 is 5.11 Å². The summed E-state index contributed by atoms with van der Waals surface area (Å²) < 4.78 is 12.5. The minimum absolute atomic E-state index is 0.211. The van der Waals surface area contributed by atoms with Gasteiger partial charge in [-0.15, -0.1) is 6.58 Å². The molecule has 0 aliphatic carbocycles. The third-order valence-corrected chi connectivity index (χ3v) is 1.83. The molecule has 0 aromatic heterocycles. The highest BCUT2D eigenvalue weighted by Crippen LogP contribution is 2.23. The summed E-state index contributed by atoms with van der Waals surface area (Å²) in [5.74, 6) is -0.417.